The standard InChI is InChI=1S/C11H18N4O/c1-2-9-5-11(14-8-13-9)15-3-4-16-10(6-12)7-15/h5,8,10H,2-4,6-7,12H2,1H3. The highest BCUT2D eigenvalue weighted by molar-refractivity contribution is 5.39. The number of nitrogens with zero attached hydrogens (tertiary/aromatic N) is 3. The van der Waals surface area contributed by atoms with Crippen molar-refractivity contribution < 1.29 is 4.74 Å². The zero-order valence-electron chi connectivity index (χ0n) is 9.59. The molecule has 1 aromatic rings. The number of ether oxygens (including phenoxy) is 1. The average molecular weight is 222 g/mol. The van der Waals surface area contributed by atoms with E-state index in [9.17, 15) is 0 Å². The minimum Gasteiger partial charge on any atom is -0.373 e. The van der Waals surface area contributed by atoms with Crippen LogP contribution in [0.15, 0.2) is 12.4 Å². The summed E-state index contributed by atoms with van der Waals surface area (Å²) in [5.74, 6) is 0.980. The van der Waals surface area contributed by atoms with Crippen molar-refractivity contribution in [1.82, 2.24) is 9.97 Å². The van der Waals surface area contributed by atoms with Gasteiger partial charge in [-0.15, -0.1) is 0 Å². The lowest BCUT2D eigenvalue weighted by atomic mass is 10.2. The van der Waals surface area contributed by atoms with Gasteiger partial charge in [0.05, 0.1) is 12.7 Å². The molecular formula is C11H18N4O. The van der Waals surface area contributed by atoms with Crippen LogP contribution in [0.2, 0.25) is 0 Å². The van der Waals surface area contributed by atoms with Gasteiger partial charge in [0.25, 0.3) is 0 Å². The molecule has 1 unspecified atom stereocenters. The Bertz CT molecular complexity index is 345. The summed E-state index contributed by atoms with van der Waals surface area (Å²) in [5, 5.41) is 0. The van der Waals surface area contributed by atoms with Gasteiger partial charge in [-0.2, -0.15) is 0 Å². The van der Waals surface area contributed by atoms with Gasteiger partial charge in [-0.1, -0.05) is 6.92 Å². The second kappa shape index (κ2) is 5.23. The van der Waals surface area contributed by atoms with Gasteiger partial charge < -0.3 is 15.4 Å². The summed E-state index contributed by atoms with van der Waals surface area (Å²) in [4.78, 5) is 10.7. The van der Waals surface area contributed by atoms with Crippen molar-refractivity contribution >= 4 is 5.82 Å². The SMILES string of the molecule is CCc1cc(N2CCOC(CN)C2)ncn1. The van der Waals surface area contributed by atoms with Crippen molar-refractivity contribution in [2.24, 2.45) is 5.73 Å². The van der Waals surface area contributed by atoms with E-state index in [1.54, 1.807) is 6.33 Å². The van der Waals surface area contributed by atoms with E-state index < -0.39 is 0 Å². The highest BCUT2D eigenvalue weighted by Crippen LogP contribution is 2.15. The Morgan fingerprint density at radius 3 is 3.19 bits per heavy atom. The minimum atomic E-state index is 0.119. The van der Waals surface area contributed by atoms with Crippen molar-refractivity contribution in [3.8, 4) is 0 Å². The van der Waals surface area contributed by atoms with Crippen LogP contribution in [0, 0.1) is 0 Å². The van der Waals surface area contributed by atoms with E-state index in [1.165, 1.54) is 0 Å². The predicted molar refractivity (Wildman–Crippen MR) is 62.4 cm³/mol. The first-order valence-corrected chi connectivity index (χ1v) is 5.71. The highest BCUT2D eigenvalue weighted by atomic mass is 16.5. The molecule has 0 saturated carbocycles. The summed E-state index contributed by atoms with van der Waals surface area (Å²) in [7, 11) is 0. The van der Waals surface area contributed by atoms with E-state index in [2.05, 4.69) is 21.8 Å². The van der Waals surface area contributed by atoms with Gasteiger partial charge >= 0.3 is 0 Å². The van der Waals surface area contributed by atoms with Crippen LogP contribution in [0.3, 0.4) is 0 Å². The molecule has 0 aliphatic carbocycles. The second-order valence-corrected chi connectivity index (χ2v) is 3.90. The van der Waals surface area contributed by atoms with Crippen molar-refractivity contribution in [3.05, 3.63) is 18.1 Å². The van der Waals surface area contributed by atoms with E-state index in [0.717, 1.165) is 31.0 Å². The largest absolute Gasteiger partial charge is 0.373 e. The summed E-state index contributed by atoms with van der Waals surface area (Å²) in [6.07, 6.45) is 2.68. The molecule has 0 radical (unpaired) electrons. The molecule has 0 bridgehead atoms. The Morgan fingerprint density at radius 2 is 2.44 bits per heavy atom. The van der Waals surface area contributed by atoms with E-state index in [4.69, 9.17) is 10.5 Å². The quantitative estimate of drug-likeness (QED) is 0.791. The third-order valence-corrected chi connectivity index (χ3v) is 2.80. The van der Waals surface area contributed by atoms with Crippen LogP contribution in [0.1, 0.15) is 12.6 Å². The Balaban J connectivity index is 2.10. The van der Waals surface area contributed by atoms with Gasteiger partial charge in [-0.05, 0) is 6.42 Å². The maximum atomic E-state index is 5.62. The van der Waals surface area contributed by atoms with E-state index in [0.29, 0.717) is 13.2 Å². The Labute approximate surface area is 95.6 Å². The molecule has 1 aliphatic rings. The molecular weight excluding hydrogens is 204 g/mol. The van der Waals surface area contributed by atoms with Crippen LogP contribution in [0.5, 0.6) is 0 Å². The molecule has 2 N–H and O–H groups in total. The first-order valence-electron chi connectivity index (χ1n) is 5.71. The summed E-state index contributed by atoms with van der Waals surface area (Å²) < 4.78 is 5.53. The van der Waals surface area contributed by atoms with Crippen molar-refractivity contribution in [1.29, 1.82) is 0 Å². The van der Waals surface area contributed by atoms with E-state index >= 15 is 0 Å². The molecule has 88 valence electrons. The third-order valence-electron chi connectivity index (χ3n) is 2.80. The summed E-state index contributed by atoms with van der Waals surface area (Å²) in [6, 6.07) is 2.04. The van der Waals surface area contributed by atoms with Gasteiger partial charge in [0.1, 0.15) is 12.1 Å². The Hall–Kier alpha value is -1.20. The fraction of sp³-hybridized carbons (Fsp3) is 0.636. The van der Waals surface area contributed by atoms with Gasteiger partial charge in [-0.25, -0.2) is 9.97 Å². The molecule has 0 amide bonds. The second-order valence-electron chi connectivity index (χ2n) is 3.90. The fourth-order valence-corrected chi connectivity index (χ4v) is 1.82. The number of aryl methyl sites for hydroxylation is 1. The monoisotopic (exact) mass is 222 g/mol. The molecule has 0 spiro atoms. The molecule has 1 aromatic heterocycles. The lowest BCUT2D eigenvalue weighted by molar-refractivity contribution is 0.0463. The van der Waals surface area contributed by atoms with Gasteiger partial charge in [0.15, 0.2) is 0 Å². The molecule has 1 fully saturated rings. The highest BCUT2D eigenvalue weighted by Gasteiger charge is 2.20. The first kappa shape index (κ1) is 11.3. The number of hydrogen-bond donors (Lipinski definition) is 1. The predicted octanol–water partition coefficient (Wildman–Crippen LogP) is 0.203. The molecule has 1 aliphatic heterocycles. The minimum absolute atomic E-state index is 0.119. The van der Waals surface area contributed by atoms with Crippen LogP contribution in [-0.2, 0) is 11.2 Å². The summed E-state index contributed by atoms with van der Waals surface area (Å²) in [6.45, 7) is 5.05. The number of anilines is 1. The van der Waals surface area contributed by atoms with Gasteiger partial charge in [-0.3, -0.25) is 0 Å². The first-order chi connectivity index (χ1) is 7.83. The lowest BCUT2D eigenvalue weighted by Crippen LogP contribution is -2.46. The van der Waals surface area contributed by atoms with Crippen LogP contribution < -0.4 is 10.6 Å². The van der Waals surface area contributed by atoms with E-state index in [1.807, 2.05) is 6.07 Å². The lowest BCUT2D eigenvalue weighted by Gasteiger charge is -2.33. The molecule has 2 heterocycles. The zero-order chi connectivity index (χ0) is 11.4. The number of hydrogen-bond acceptors (Lipinski definition) is 5. The molecule has 0 aromatic carbocycles. The Kier molecular flexibility index (Phi) is 3.69. The van der Waals surface area contributed by atoms with Gasteiger partial charge in [0, 0.05) is 31.4 Å². The van der Waals surface area contributed by atoms with Crippen molar-refractivity contribution in [2.45, 2.75) is 19.4 Å². The summed E-state index contributed by atoms with van der Waals surface area (Å²) >= 11 is 0. The fourth-order valence-electron chi connectivity index (χ4n) is 1.82. The van der Waals surface area contributed by atoms with Crippen molar-refractivity contribution in [2.75, 3.05) is 31.1 Å². The van der Waals surface area contributed by atoms with Crippen LogP contribution in [-0.4, -0.2) is 42.3 Å². The van der Waals surface area contributed by atoms with Crippen LogP contribution in [0.25, 0.3) is 0 Å². The molecule has 16 heavy (non-hydrogen) atoms. The number of nitrogens with two attached hydrogens (primary N) is 1. The maximum Gasteiger partial charge on any atom is 0.132 e. The topological polar surface area (TPSA) is 64.3 Å². The third kappa shape index (κ3) is 2.48. The van der Waals surface area contributed by atoms with Crippen LogP contribution >= 0.6 is 0 Å². The molecule has 5 nitrogen and oxygen atoms in total. The number of rotatable bonds is 3. The number of aromatic nitrogens is 2. The molecule has 1 saturated heterocycles. The molecule has 5 heteroatoms. The smallest absolute Gasteiger partial charge is 0.132 e. The normalized spacial score (nSPS) is 21.1. The summed E-state index contributed by atoms with van der Waals surface area (Å²) in [5.41, 5.74) is 6.69. The molecule has 1 atom stereocenters. The maximum absolute atomic E-state index is 5.62. The van der Waals surface area contributed by atoms with Crippen LogP contribution in [0.4, 0.5) is 5.82 Å². The van der Waals surface area contributed by atoms with Crippen molar-refractivity contribution in [3.63, 3.8) is 0 Å². The Morgan fingerprint density at radius 1 is 1.56 bits per heavy atom. The molecule has 2 rings (SSSR count). The average Bonchev–Trinajstić information content (AvgIpc) is 2.39. The van der Waals surface area contributed by atoms with E-state index in [-0.39, 0.29) is 6.10 Å². The number of morpholine rings is 1. The zero-order valence-corrected chi connectivity index (χ0v) is 9.59. The van der Waals surface area contributed by atoms with Gasteiger partial charge in [0.2, 0.25) is 0 Å².